The molecule has 0 saturated carbocycles. The molecular weight excluding hydrogens is 470 g/mol. The number of aromatic nitrogens is 1. The second-order valence-corrected chi connectivity index (χ2v) is 8.53. The van der Waals surface area contributed by atoms with Crippen LogP contribution in [0, 0.1) is 5.82 Å². The monoisotopic (exact) mass is 489 g/mol. The average molecular weight is 489 g/mol. The molecule has 0 radical (unpaired) electrons. The Bertz CT molecular complexity index is 1320. The minimum absolute atomic E-state index is 0.0503. The normalized spacial score (nSPS) is 11.6. The van der Waals surface area contributed by atoms with E-state index < -0.39 is 23.7 Å². The number of halogens is 4. The van der Waals surface area contributed by atoms with Crippen molar-refractivity contribution in [2.45, 2.75) is 29.1 Å². The number of carbonyl (C=O) groups is 1. The molecule has 5 nitrogen and oxygen atoms in total. The van der Waals surface area contributed by atoms with E-state index in [9.17, 15) is 22.4 Å². The maximum Gasteiger partial charge on any atom is 0.416 e. The smallest absolute Gasteiger partial charge is 0.392 e. The number of hydrogen-bond donors (Lipinski definition) is 3. The van der Waals surface area contributed by atoms with Gasteiger partial charge in [-0.25, -0.2) is 9.18 Å². The summed E-state index contributed by atoms with van der Waals surface area (Å²) in [5.41, 5.74) is 5.89. The number of primary amides is 1. The lowest BCUT2D eigenvalue weighted by Gasteiger charge is -2.10. The van der Waals surface area contributed by atoms with Gasteiger partial charge < -0.3 is 20.8 Å². The zero-order valence-corrected chi connectivity index (χ0v) is 18.4. The van der Waals surface area contributed by atoms with E-state index in [1.165, 1.54) is 11.8 Å². The van der Waals surface area contributed by atoms with Crippen LogP contribution in [0.4, 0.5) is 22.4 Å². The highest BCUT2D eigenvalue weighted by molar-refractivity contribution is 7.99. The summed E-state index contributed by atoms with van der Waals surface area (Å²) < 4.78 is 57.5. The minimum Gasteiger partial charge on any atom is -0.392 e. The zero-order valence-electron chi connectivity index (χ0n) is 17.6. The van der Waals surface area contributed by atoms with E-state index in [2.05, 4.69) is 10.3 Å². The SMILES string of the molecule is NC(=O)Oc1[nH]c2cc(CNCc3cc(F)cc(C(F)(F)F)c3)ccc2c1Sc1ccccc1. The Morgan fingerprint density at radius 1 is 1.00 bits per heavy atom. The Kier molecular flexibility index (Phi) is 6.80. The molecule has 0 aliphatic rings. The molecule has 1 heterocycles. The first-order chi connectivity index (χ1) is 16.2. The van der Waals surface area contributed by atoms with E-state index in [0.717, 1.165) is 28.0 Å². The minimum atomic E-state index is -4.62. The van der Waals surface area contributed by atoms with Gasteiger partial charge in [-0.3, -0.25) is 0 Å². The maximum atomic E-state index is 13.6. The Morgan fingerprint density at radius 3 is 2.44 bits per heavy atom. The number of H-pyrrole nitrogens is 1. The number of benzene rings is 3. The van der Waals surface area contributed by atoms with Gasteiger partial charge in [-0.1, -0.05) is 42.1 Å². The largest absolute Gasteiger partial charge is 0.416 e. The molecule has 1 aromatic heterocycles. The van der Waals surface area contributed by atoms with Gasteiger partial charge in [0.2, 0.25) is 5.88 Å². The van der Waals surface area contributed by atoms with E-state index in [0.29, 0.717) is 23.0 Å². The number of amides is 1. The van der Waals surface area contributed by atoms with E-state index in [4.69, 9.17) is 10.5 Å². The second kappa shape index (κ2) is 9.78. The molecule has 0 aliphatic carbocycles. The van der Waals surface area contributed by atoms with E-state index in [-0.39, 0.29) is 18.0 Å². The maximum absolute atomic E-state index is 13.6. The molecule has 4 aromatic rings. The van der Waals surface area contributed by atoms with Crippen LogP contribution in [-0.2, 0) is 19.3 Å². The fourth-order valence-corrected chi connectivity index (χ4v) is 4.45. The number of hydrogen-bond acceptors (Lipinski definition) is 4. The van der Waals surface area contributed by atoms with Gasteiger partial charge in [-0.05, 0) is 47.5 Å². The fourth-order valence-electron chi connectivity index (χ4n) is 3.45. The van der Waals surface area contributed by atoms with Crippen molar-refractivity contribution in [1.82, 2.24) is 10.3 Å². The summed E-state index contributed by atoms with van der Waals surface area (Å²) in [7, 11) is 0. The van der Waals surface area contributed by atoms with Crippen LogP contribution in [0.15, 0.2) is 76.5 Å². The average Bonchev–Trinajstić information content (AvgIpc) is 3.09. The van der Waals surface area contributed by atoms with E-state index >= 15 is 0 Å². The summed E-state index contributed by atoms with van der Waals surface area (Å²) in [6, 6.07) is 17.5. The van der Waals surface area contributed by atoms with Gasteiger partial charge >= 0.3 is 12.3 Å². The van der Waals surface area contributed by atoms with Crippen LogP contribution in [0.5, 0.6) is 5.88 Å². The first kappa shape index (κ1) is 23.7. The van der Waals surface area contributed by atoms with Crippen LogP contribution < -0.4 is 15.8 Å². The first-order valence-corrected chi connectivity index (χ1v) is 10.9. The second-order valence-electron chi connectivity index (χ2n) is 7.45. The van der Waals surface area contributed by atoms with Crippen molar-refractivity contribution in [2.75, 3.05) is 0 Å². The Morgan fingerprint density at radius 2 is 1.74 bits per heavy atom. The lowest BCUT2D eigenvalue weighted by Crippen LogP contribution is -2.16. The topological polar surface area (TPSA) is 80.1 Å². The summed E-state index contributed by atoms with van der Waals surface area (Å²) in [6.45, 7) is 0.370. The molecule has 34 heavy (non-hydrogen) atoms. The third kappa shape index (κ3) is 5.70. The molecule has 0 unspecified atom stereocenters. The molecule has 0 fully saturated rings. The molecular formula is C24H19F4N3O2S. The molecule has 4 N–H and O–H groups in total. The fraction of sp³-hybridized carbons (Fsp3) is 0.125. The van der Waals surface area contributed by atoms with Crippen molar-refractivity contribution in [2.24, 2.45) is 5.73 Å². The number of nitrogens with two attached hydrogens (primary N) is 1. The number of rotatable bonds is 7. The van der Waals surface area contributed by atoms with Gasteiger partial charge in [0.25, 0.3) is 0 Å². The third-order valence-corrected chi connectivity index (χ3v) is 6.01. The predicted molar refractivity (Wildman–Crippen MR) is 121 cm³/mol. The Balaban J connectivity index is 1.52. The van der Waals surface area contributed by atoms with Crippen molar-refractivity contribution >= 4 is 28.8 Å². The molecule has 0 bridgehead atoms. The summed E-state index contributed by atoms with van der Waals surface area (Å²) in [6.07, 6.45) is -5.56. The number of nitrogens with one attached hydrogen (secondary N) is 2. The predicted octanol–water partition coefficient (Wildman–Crippen LogP) is 6.22. The zero-order chi connectivity index (χ0) is 24.3. The van der Waals surface area contributed by atoms with Crippen molar-refractivity contribution in [3.8, 4) is 5.88 Å². The molecule has 3 aromatic carbocycles. The summed E-state index contributed by atoms with van der Waals surface area (Å²) >= 11 is 1.41. The lowest BCUT2D eigenvalue weighted by molar-refractivity contribution is -0.137. The molecule has 4 rings (SSSR count). The van der Waals surface area contributed by atoms with Crippen LogP contribution in [0.3, 0.4) is 0 Å². The summed E-state index contributed by atoms with van der Waals surface area (Å²) in [5, 5.41) is 3.84. The number of aromatic amines is 1. The van der Waals surface area contributed by atoms with Crippen LogP contribution in [0.1, 0.15) is 16.7 Å². The first-order valence-electron chi connectivity index (χ1n) is 10.1. The molecule has 0 aliphatic heterocycles. The van der Waals surface area contributed by atoms with Crippen molar-refractivity contribution < 1.29 is 27.1 Å². The molecule has 0 spiro atoms. The van der Waals surface area contributed by atoms with Crippen LogP contribution in [0.2, 0.25) is 0 Å². The standard InChI is InChI=1S/C24H19F4N3O2S/c25-17-9-15(8-16(11-17)24(26,27)28)13-30-12-14-6-7-19-20(10-14)31-22(33-23(29)32)21(19)34-18-4-2-1-3-5-18/h1-11,30-31H,12-13H2,(H2,29,32). The van der Waals surface area contributed by atoms with Crippen molar-refractivity contribution in [3.63, 3.8) is 0 Å². The third-order valence-electron chi connectivity index (χ3n) is 4.89. The van der Waals surface area contributed by atoms with Gasteiger partial charge in [0.15, 0.2) is 0 Å². The van der Waals surface area contributed by atoms with Gasteiger partial charge in [-0.2, -0.15) is 13.2 Å². The number of ether oxygens (including phenoxy) is 1. The molecule has 0 atom stereocenters. The van der Waals surface area contributed by atoms with Crippen molar-refractivity contribution in [3.05, 3.63) is 89.2 Å². The lowest BCUT2D eigenvalue weighted by atomic mass is 10.1. The molecule has 0 saturated heterocycles. The highest BCUT2D eigenvalue weighted by atomic mass is 32.2. The van der Waals surface area contributed by atoms with E-state index in [1.54, 1.807) is 0 Å². The van der Waals surface area contributed by atoms with Gasteiger partial charge in [0.1, 0.15) is 5.82 Å². The summed E-state index contributed by atoms with van der Waals surface area (Å²) in [4.78, 5) is 16.1. The molecule has 176 valence electrons. The van der Waals surface area contributed by atoms with E-state index in [1.807, 2.05) is 48.5 Å². The summed E-state index contributed by atoms with van der Waals surface area (Å²) in [5.74, 6) is -0.717. The Labute approximate surface area is 196 Å². The highest BCUT2D eigenvalue weighted by Gasteiger charge is 2.31. The van der Waals surface area contributed by atoms with Crippen LogP contribution in [-0.4, -0.2) is 11.1 Å². The van der Waals surface area contributed by atoms with Crippen LogP contribution >= 0.6 is 11.8 Å². The highest BCUT2D eigenvalue weighted by Crippen LogP contribution is 2.41. The molecule has 10 heteroatoms. The van der Waals surface area contributed by atoms with Crippen LogP contribution in [0.25, 0.3) is 10.9 Å². The number of carbonyl (C=O) groups excluding carboxylic acids is 1. The van der Waals surface area contributed by atoms with Gasteiger partial charge in [0.05, 0.1) is 10.5 Å². The van der Waals surface area contributed by atoms with Crippen molar-refractivity contribution in [1.29, 1.82) is 0 Å². The Hall–Kier alpha value is -3.50. The number of alkyl halides is 3. The van der Waals surface area contributed by atoms with Gasteiger partial charge in [-0.15, -0.1) is 0 Å². The quantitative estimate of drug-likeness (QED) is 0.269. The number of fused-ring (bicyclic) bond motifs is 1. The molecule has 1 amide bonds. The van der Waals surface area contributed by atoms with Gasteiger partial charge in [0, 0.05) is 28.9 Å².